The molecule has 5 atom stereocenters. The van der Waals surface area contributed by atoms with Crippen molar-refractivity contribution in [3.63, 3.8) is 0 Å². The molecule has 0 bridgehead atoms. The Morgan fingerprint density at radius 3 is 2.30 bits per heavy atom. The number of carboxylic acids is 1. The Bertz CT molecular complexity index is 1600. The van der Waals surface area contributed by atoms with Crippen LogP contribution in [0.3, 0.4) is 0 Å². The number of rotatable bonds is 9. The van der Waals surface area contributed by atoms with Crippen molar-refractivity contribution in [2.24, 2.45) is 0 Å². The molecule has 0 unspecified atom stereocenters. The Balaban J connectivity index is 1.78. The molecule has 14 heteroatoms. The smallest absolute Gasteiger partial charge is 0.317 e. The third-order valence-electron chi connectivity index (χ3n) is 6.64. The van der Waals surface area contributed by atoms with Gasteiger partial charge in [-0.2, -0.15) is 0 Å². The summed E-state index contributed by atoms with van der Waals surface area (Å²) in [6.45, 7) is 2.92. The Kier molecular flexibility index (Phi) is 9.25. The molecule has 1 fully saturated rings. The fraction of sp³-hybridized carbons (Fsp3) is 0.345. The third kappa shape index (κ3) is 6.73. The van der Waals surface area contributed by atoms with Gasteiger partial charge in [-0.15, -0.1) is 0 Å². The minimum absolute atomic E-state index is 0.0569. The van der Waals surface area contributed by atoms with Gasteiger partial charge in [0, 0.05) is 17.2 Å². The van der Waals surface area contributed by atoms with Crippen LogP contribution < -0.4 is 10.2 Å². The molecular formula is C29H30O14. The molecule has 0 saturated carbocycles. The predicted octanol–water partition coefficient (Wildman–Crippen LogP) is 1.29. The fourth-order valence-electron chi connectivity index (χ4n) is 4.41. The second-order valence-electron chi connectivity index (χ2n) is 10.1. The van der Waals surface area contributed by atoms with E-state index in [4.69, 9.17) is 23.7 Å². The molecule has 230 valence electrons. The third-order valence-corrected chi connectivity index (χ3v) is 6.64. The van der Waals surface area contributed by atoms with Crippen molar-refractivity contribution >= 4 is 22.9 Å². The highest BCUT2D eigenvalue weighted by Crippen LogP contribution is 2.40. The molecule has 0 spiro atoms. The number of esters is 1. The maximum absolute atomic E-state index is 13.2. The van der Waals surface area contributed by atoms with Gasteiger partial charge in [-0.1, -0.05) is 11.6 Å². The molecule has 1 aliphatic rings. The molecule has 4 rings (SSSR count). The number of benzene rings is 2. The molecule has 1 aromatic heterocycles. The number of carbonyl (C=O) groups excluding carboxylic acids is 1. The Hall–Kier alpha value is -4.63. The highest BCUT2D eigenvalue weighted by atomic mass is 16.7. The molecule has 2 aromatic carbocycles. The number of aromatic hydroxyl groups is 3. The monoisotopic (exact) mass is 602 g/mol. The van der Waals surface area contributed by atoms with E-state index in [1.807, 2.05) is 0 Å². The van der Waals surface area contributed by atoms with Gasteiger partial charge in [0.15, 0.2) is 5.76 Å². The van der Waals surface area contributed by atoms with E-state index in [9.17, 15) is 45.0 Å². The molecule has 0 radical (unpaired) electrons. The van der Waals surface area contributed by atoms with Crippen LogP contribution in [-0.2, 0) is 25.5 Å². The summed E-state index contributed by atoms with van der Waals surface area (Å²) >= 11 is 0. The van der Waals surface area contributed by atoms with Gasteiger partial charge in [0.25, 0.3) is 0 Å². The molecule has 2 heterocycles. The van der Waals surface area contributed by atoms with E-state index in [0.29, 0.717) is 0 Å². The maximum Gasteiger partial charge on any atom is 0.317 e. The SMILES string of the molecule is CC(C)=CCc1c(O[C@@H]2O[C@H](COC(=O)CC(=O)O)[C@@H](O)[C@H](O)[C@H]2O)cc(O)c2c(=O)c(O)c(-c3ccc(O)cc3)oc12. The van der Waals surface area contributed by atoms with Gasteiger partial charge in [0.2, 0.25) is 17.5 Å². The van der Waals surface area contributed by atoms with E-state index in [0.717, 1.165) is 11.6 Å². The summed E-state index contributed by atoms with van der Waals surface area (Å²) in [6.07, 6.45) is -7.78. The summed E-state index contributed by atoms with van der Waals surface area (Å²) in [5, 5.41) is 70.9. The fourth-order valence-corrected chi connectivity index (χ4v) is 4.41. The van der Waals surface area contributed by atoms with E-state index in [1.165, 1.54) is 24.3 Å². The number of allylic oxidation sites excluding steroid dienone is 2. The number of fused-ring (bicyclic) bond motifs is 1. The van der Waals surface area contributed by atoms with E-state index >= 15 is 0 Å². The zero-order chi connectivity index (χ0) is 31.6. The van der Waals surface area contributed by atoms with Gasteiger partial charge in [-0.25, -0.2) is 0 Å². The largest absolute Gasteiger partial charge is 0.508 e. The maximum atomic E-state index is 13.2. The van der Waals surface area contributed by atoms with Crippen molar-refractivity contribution in [2.75, 3.05) is 6.61 Å². The lowest BCUT2D eigenvalue weighted by Gasteiger charge is -2.40. The summed E-state index contributed by atoms with van der Waals surface area (Å²) < 4.78 is 22.2. The second kappa shape index (κ2) is 12.7. The molecule has 3 aromatic rings. The minimum Gasteiger partial charge on any atom is -0.508 e. The van der Waals surface area contributed by atoms with Gasteiger partial charge in [0.1, 0.15) is 65.7 Å². The summed E-state index contributed by atoms with van der Waals surface area (Å²) in [5.41, 5.74) is 0.123. The number of phenolic OH excluding ortho intramolecular Hbond substituents is 2. The van der Waals surface area contributed by atoms with E-state index in [2.05, 4.69) is 0 Å². The van der Waals surface area contributed by atoms with Gasteiger partial charge >= 0.3 is 11.9 Å². The van der Waals surface area contributed by atoms with Crippen LogP contribution in [0.4, 0.5) is 0 Å². The van der Waals surface area contributed by atoms with E-state index < -0.39 is 72.6 Å². The molecule has 1 aliphatic heterocycles. The highest BCUT2D eigenvalue weighted by molar-refractivity contribution is 5.91. The molecule has 0 aliphatic carbocycles. The van der Waals surface area contributed by atoms with E-state index in [-0.39, 0.29) is 45.8 Å². The highest BCUT2D eigenvalue weighted by Gasteiger charge is 2.46. The lowest BCUT2D eigenvalue weighted by Crippen LogP contribution is -2.60. The first-order valence-electron chi connectivity index (χ1n) is 13.0. The van der Waals surface area contributed by atoms with Crippen molar-refractivity contribution in [3.8, 4) is 34.3 Å². The molecule has 1 saturated heterocycles. The summed E-state index contributed by atoms with van der Waals surface area (Å²) in [4.78, 5) is 35.6. The first-order chi connectivity index (χ1) is 20.3. The number of aliphatic hydroxyl groups excluding tert-OH is 3. The van der Waals surface area contributed by atoms with Gasteiger partial charge in [-0.05, 0) is 44.5 Å². The zero-order valence-electron chi connectivity index (χ0n) is 23.0. The normalized spacial score (nSPS) is 21.7. The van der Waals surface area contributed by atoms with Crippen molar-refractivity contribution < 1.29 is 64.0 Å². The standard InChI is InChI=1S/C29H30O14/c1-12(2)3-8-15-17(41-29-26(39)24(37)22(35)18(42-29)11-40-20(34)10-19(32)33)9-16(31)21-23(36)25(38)27(43-28(15)21)13-4-6-14(30)7-5-13/h3-7,9,18,22,24,26,29-31,35,37-39H,8,10-11H2,1-2H3,(H,32,33)/t18-,22-,24+,26-,29-/m1/s1. The van der Waals surface area contributed by atoms with Crippen LogP contribution >= 0.6 is 0 Å². The molecule has 43 heavy (non-hydrogen) atoms. The summed E-state index contributed by atoms with van der Waals surface area (Å²) in [6, 6.07) is 6.46. The topological polar surface area (TPSA) is 234 Å². The van der Waals surface area contributed by atoms with Crippen LogP contribution in [0, 0.1) is 0 Å². The number of hydrogen-bond acceptors (Lipinski definition) is 13. The summed E-state index contributed by atoms with van der Waals surface area (Å²) in [7, 11) is 0. The van der Waals surface area contributed by atoms with Crippen LogP contribution in [0.25, 0.3) is 22.3 Å². The van der Waals surface area contributed by atoms with Gasteiger partial charge in [-0.3, -0.25) is 14.4 Å². The molecule has 14 nitrogen and oxygen atoms in total. The Morgan fingerprint density at radius 2 is 1.67 bits per heavy atom. The predicted molar refractivity (Wildman–Crippen MR) is 147 cm³/mol. The number of carboxylic acid groups (broad SMARTS) is 1. The molecule has 7 N–H and O–H groups in total. The van der Waals surface area contributed by atoms with Crippen molar-refractivity contribution in [2.45, 2.75) is 57.4 Å². The number of aliphatic hydroxyl groups is 3. The van der Waals surface area contributed by atoms with Crippen LogP contribution in [0.15, 0.2) is 51.2 Å². The molecule has 0 amide bonds. The van der Waals surface area contributed by atoms with Crippen LogP contribution in [0.2, 0.25) is 0 Å². The number of carbonyl (C=O) groups is 2. The van der Waals surface area contributed by atoms with Crippen molar-refractivity contribution in [1.29, 1.82) is 0 Å². The first kappa shape index (κ1) is 31.3. The zero-order valence-corrected chi connectivity index (χ0v) is 23.0. The van der Waals surface area contributed by atoms with Crippen LogP contribution in [0.1, 0.15) is 25.8 Å². The minimum atomic E-state index is -1.85. The first-order valence-corrected chi connectivity index (χ1v) is 13.0. The van der Waals surface area contributed by atoms with Crippen molar-refractivity contribution in [3.05, 3.63) is 57.8 Å². The van der Waals surface area contributed by atoms with Gasteiger partial charge < -0.3 is 54.4 Å². The average Bonchev–Trinajstić information content (AvgIpc) is 2.94. The van der Waals surface area contributed by atoms with E-state index in [1.54, 1.807) is 19.9 Å². The number of ether oxygens (including phenoxy) is 3. The Morgan fingerprint density at radius 1 is 1.00 bits per heavy atom. The van der Waals surface area contributed by atoms with Crippen LogP contribution in [-0.4, -0.2) is 85.0 Å². The van der Waals surface area contributed by atoms with Crippen LogP contribution in [0.5, 0.6) is 23.0 Å². The lowest BCUT2D eigenvalue weighted by atomic mass is 9.99. The summed E-state index contributed by atoms with van der Waals surface area (Å²) in [5.74, 6) is -4.52. The Labute approximate surface area is 243 Å². The number of phenols is 2. The quantitative estimate of drug-likeness (QED) is 0.104. The van der Waals surface area contributed by atoms with Crippen molar-refractivity contribution in [1.82, 2.24) is 0 Å². The average molecular weight is 603 g/mol. The van der Waals surface area contributed by atoms with Gasteiger partial charge in [0.05, 0.1) is 0 Å². The number of aliphatic carboxylic acids is 1. The molecular weight excluding hydrogens is 572 g/mol. The lowest BCUT2D eigenvalue weighted by molar-refractivity contribution is -0.278. The number of hydrogen-bond donors (Lipinski definition) is 7. The second-order valence-corrected chi connectivity index (χ2v) is 10.1.